The van der Waals surface area contributed by atoms with E-state index in [2.05, 4.69) is 19.8 Å². The third-order valence-corrected chi connectivity index (χ3v) is 4.09. The number of halogens is 2. The maximum Gasteiger partial charge on any atom is 0.325 e. The second-order valence-corrected chi connectivity index (χ2v) is 6.10. The van der Waals surface area contributed by atoms with Crippen LogP contribution >= 0.6 is 23.2 Å². The number of hydrogen-bond donors (Lipinski definition) is 2. The average Bonchev–Trinajstić information content (AvgIpc) is 2.82. The van der Waals surface area contributed by atoms with Gasteiger partial charge in [-0.2, -0.15) is 5.10 Å². The number of rotatable bonds is 5. The molecule has 0 aliphatic rings. The molecule has 0 aliphatic carbocycles. The minimum Gasteiger partial charge on any atom is -0.480 e. The van der Waals surface area contributed by atoms with Gasteiger partial charge in [0.15, 0.2) is 10.3 Å². The summed E-state index contributed by atoms with van der Waals surface area (Å²) in [6, 6.07) is 0. The number of carboxylic acid groups (broad SMARTS) is 1. The van der Waals surface area contributed by atoms with Crippen LogP contribution in [0.4, 0.5) is 5.69 Å². The lowest BCUT2D eigenvalue weighted by atomic mass is 10.6. The molecule has 0 saturated heterocycles. The van der Waals surface area contributed by atoms with Crippen LogP contribution in [-0.4, -0.2) is 39.2 Å². The van der Waals surface area contributed by atoms with Crippen molar-refractivity contribution in [3.05, 3.63) is 29.0 Å². The van der Waals surface area contributed by atoms with E-state index in [1.807, 2.05) is 0 Å². The largest absolute Gasteiger partial charge is 0.480 e. The highest BCUT2D eigenvalue weighted by Crippen LogP contribution is 2.28. The predicted octanol–water partition coefficient (Wildman–Crippen LogP) is 0.865. The third-order valence-electron chi connectivity index (χ3n) is 2.21. The molecule has 0 radical (unpaired) electrons. The molecule has 2 rings (SSSR count). The fourth-order valence-corrected chi connectivity index (χ4v) is 2.88. The van der Waals surface area contributed by atoms with Gasteiger partial charge in [-0.05, 0) is 0 Å². The van der Waals surface area contributed by atoms with Crippen molar-refractivity contribution in [3.63, 3.8) is 0 Å². The molecular weight excluding hydrogens is 345 g/mol. The lowest BCUT2D eigenvalue weighted by Crippen LogP contribution is -2.14. The number of nitrogens with one attached hydrogen (secondary N) is 1. The smallest absolute Gasteiger partial charge is 0.325 e. The number of hydrogen-bond acceptors (Lipinski definition) is 6. The number of carboxylic acids is 1. The molecule has 0 bridgehead atoms. The maximum absolute atomic E-state index is 12.1. The normalized spacial score (nSPS) is 11.3. The molecule has 2 N–H and O–H groups in total. The molecule has 0 saturated carbocycles. The number of sulfonamides is 1. The van der Waals surface area contributed by atoms with Crippen LogP contribution in [-0.2, 0) is 21.4 Å². The van der Waals surface area contributed by atoms with Gasteiger partial charge in [0.2, 0.25) is 0 Å². The van der Waals surface area contributed by atoms with Crippen LogP contribution in [0.2, 0.25) is 10.3 Å². The Kier molecular flexibility index (Phi) is 4.30. The SMILES string of the molecule is O=C(O)Cn1cc(S(=O)(=O)Nc2c(Cl)ncnc2Cl)cn1. The van der Waals surface area contributed by atoms with Gasteiger partial charge in [0.1, 0.15) is 23.5 Å². The van der Waals surface area contributed by atoms with Crippen molar-refractivity contribution in [1.29, 1.82) is 0 Å². The Balaban J connectivity index is 2.30. The van der Waals surface area contributed by atoms with Crippen molar-refractivity contribution in [2.24, 2.45) is 0 Å². The molecule has 0 aliphatic heterocycles. The van der Waals surface area contributed by atoms with Gasteiger partial charge in [-0.3, -0.25) is 14.2 Å². The van der Waals surface area contributed by atoms with Crippen LogP contribution < -0.4 is 4.72 Å². The first-order valence-corrected chi connectivity index (χ1v) is 7.46. The number of aliphatic carboxylic acids is 1. The molecule has 0 spiro atoms. The number of aromatic nitrogens is 4. The summed E-state index contributed by atoms with van der Waals surface area (Å²) in [7, 11) is -4.05. The first-order chi connectivity index (χ1) is 9.79. The molecular formula is C9H7Cl2N5O4S. The second-order valence-electron chi connectivity index (χ2n) is 3.70. The van der Waals surface area contributed by atoms with Gasteiger partial charge in [-0.25, -0.2) is 18.4 Å². The Morgan fingerprint density at radius 3 is 2.52 bits per heavy atom. The van der Waals surface area contributed by atoms with Crippen LogP contribution in [0.5, 0.6) is 0 Å². The van der Waals surface area contributed by atoms with E-state index in [9.17, 15) is 13.2 Å². The van der Waals surface area contributed by atoms with Crippen LogP contribution in [0, 0.1) is 0 Å². The Labute approximate surface area is 128 Å². The maximum atomic E-state index is 12.1. The van der Waals surface area contributed by atoms with Crippen molar-refractivity contribution in [2.75, 3.05) is 4.72 Å². The molecule has 0 fully saturated rings. The molecule has 2 aromatic heterocycles. The summed E-state index contributed by atoms with van der Waals surface area (Å²) in [6.45, 7) is -0.467. The zero-order valence-corrected chi connectivity index (χ0v) is 12.4. The highest BCUT2D eigenvalue weighted by atomic mass is 35.5. The summed E-state index contributed by atoms with van der Waals surface area (Å²) in [5, 5.41) is 11.9. The van der Waals surface area contributed by atoms with Crippen molar-refractivity contribution >= 4 is 44.9 Å². The van der Waals surface area contributed by atoms with Crippen LogP contribution in [0.15, 0.2) is 23.6 Å². The lowest BCUT2D eigenvalue weighted by molar-refractivity contribution is -0.137. The number of carbonyl (C=O) groups is 1. The van der Waals surface area contributed by atoms with Crippen LogP contribution in [0.25, 0.3) is 0 Å². The second kappa shape index (κ2) is 5.84. The van der Waals surface area contributed by atoms with E-state index in [1.165, 1.54) is 0 Å². The first kappa shape index (κ1) is 15.5. The van der Waals surface area contributed by atoms with Gasteiger partial charge in [0.05, 0.1) is 6.20 Å². The van der Waals surface area contributed by atoms with E-state index in [0.717, 1.165) is 23.4 Å². The Hall–Kier alpha value is -1.91. The van der Waals surface area contributed by atoms with Crippen molar-refractivity contribution in [3.8, 4) is 0 Å². The summed E-state index contributed by atoms with van der Waals surface area (Å²) >= 11 is 11.5. The summed E-state index contributed by atoms with van der Waals surface area (Å²) in [5.74, 6) is -1.16. The molecule has 12 heteroatoms. The first-order valence-electron chi connectivity index (χ1n) is 5.22. The molecule has 0 unspecified atom stereocenters. The molecule has 9 nitrogen and oxygen atoms in total. The fourth-order valence-electron chi connectivity index (χ4n) is 1.33. The Morgan fingerprint density at radius 2 is 1.95 bits per heavy atom. The van der Waals surface area contributed by atoms with E-state index < -0.39 is 22.5 Å². The highest BCUT2D eigenvalue weighted by Gasteiger charge is 2.21. The fraction of sp³-hybridized carbons (Fsp3) is 0.111. The zero-order valence-electron chi connectivity index (χ0n) is 10.1. The van der Waals surface area contributed by atoms with Crippen molar-refractivity contribution in [2.45, 2.75) is 11.4 Å². The zero-order chi connectivity index (χ0) is 15.6. The summed E-state index contributed by atoms with van der Waals surface area (Å²) in [4.78, 5) is 17.5. The molecule has 0 atom stereocenters. The third kappa shape index (κ3) is 3.60. The van der Waals surface area contributed by atoms with E-state index in [1.54, 1.807) is 0 Å². The minimum absolute atomic E-state index is 0.170. The van der Waals surface area contributed by atoms with E-state index in [0.29, 0.717) is 0 Å². The Bertz CT molecular complexity index is 771. The standard InChI is InChI=1S/C9H7Cl2N5O4S/c10-8-7(9(11)13-4-12-8)15-21(19,20)5-1-14-16(2-5)3-6(17)18/h1-2,4,15H,3H2,(H,17,18). The predicted molar refractivity (Wildman–Crippen MR) is 72.7 cm³/mol. The monoisotopic (exact) mass is 351 g/mol. The summed E-state index contributed by atoms with van der Waals surface area (Å²) in [6.07, 6.45) is 3.13. The quantitative estimate of drug-likeness (QED) is 0.764. The van der Waals surface area contributed by atoms with Gasteiger partial charge in [0.25, 0.3) is 10.0 Å². The van der Waals surface area contributed by atoms with Gasteiger partial charge < -0.3 is 5.11 Å². The molecule has 2 heterocycles. The molecule has 112 valence electrons. The molecule has 0 amide bonds. The van der Waals surface area contributed by atoms with E-state index in [4.69, 9.17) is 28.3 Å². The highest BCUT2D eigenvalue weighted by molar-refractivity contribution is 7.92. The summed E-state index contributed by atoms with van der Waals surface area (Å²) < 4.78 is 27.3. The van der Waals surface area contributed by atoms with Gasteiger partial charge in [0, 0.05) is 6.20 Å². The van der Waals surface area contributed by atoms with E-state index >= 15 is 0 Å². The number of nitrogens with zero attached hydrogens (tertiary/aromatic N) is 4. The molecule has 0 aromatic carbocycles. The van der Waals surface area contributed by atoms with Gasteiger partial charge in [-0.1, -0.05) is 23.2 Å². The molecule has 21 heavy (non-hydrogen) atoms. The van der Waals surface area contributed by atoms with E-state index in [-0.39, 0.29) is 20.9 Å². The topological polar surface area (TPSA) is 127 Å². The average molecular weight is 352 g/mol. The summed E-state index contributed by atoms with van der Waals surface area (Å²) in [5.41, 5.74) is -0.174. The minimum atomic E-state index is -4.05. The lowest BCUT2D eigenvalue weighted by Gasteiger charge is -2.08. The number of anilines is 1. The van der Waals surface area contributed by atoms with Gasteiger partial charge in [-0.15, -0.1) is 0 Å². The van der Waals surface area contributed by atoms with Crippen molar-refractivity contribution < 1.29 is 18.3 Å². The Morgan fingerprint density at radius 1 is 1.33 bits per heavy atom. The van der Waals surface area contributed by atoms with Crippen molar-refractivity contribution in [1.82, 2.24) is 19.7 Å². The van der Waals surface area contributed by atoms with Gasteiger partial charge >= 0.3 is 5.97 Å². The molecule has 2 aromatic rings. The van der Waals surface area contributed by atoms with Crippen LogP contribution in [0.1, 0.15) is 0 Å². The van der Waals surface area contributed by atoms with Crippen LogP contribution in [0.3, 0.4) is 0 Å².